The normalized spacial score (nSPS) is 11.8. The highest BCUT2D eigenvalue weighted by molar-refractivity contribution is 5.75. The average molecular weight is 298 g/mol. The van der Waals surface area contributed by atoms with Crippen molar-refractivity contribution in [2.75, 3.05) is 12.3 Å². The standard InChI is InChI=1S/C11H11F5N2O2/c1-2-20-7(19)4-5-3-6(11(14,15)16)18-9(8(5)17)10(12)13/h3,10H,2,4,17H2,1H3. The van der Waals surface area contributed by atoms with E-state index in [4.69, 9.17) is 5.73 Å². The molecule has 1 aromatic heterocycles. The van der Waals surface area contributed by atoms with Gasteiger partial charge in [-0.3, -0.25) is 4.79 Å². The van der Waals surface area contributed by atoms with Gasteiger partial charge in [0.25, 0.3) is 6.43 Å². The van der Waals surface area contributed by atoms with Crippen molar-refractivity contribution >= 4 is 11.7 Å². The number of rotatable bonds is 4. The molecule has 0 aliphatic heterocycles. The monoisotopic (exact) mass is 298 g/mol. The molecule has 0 radical (unpaired) electrons. The van der Waals surface area contributed by atoms with Crippen LogP contribution in [0.4, 0.5) is 27.6 Å². The summed E-state index contributed by atoms with van der Waals surface area (Å²) in [6.07, 6.45) is -8.83. The van der Waals surface area contributed by atoms with Gasteiger partial charge in [-0.25, -0.2) is 13.8 Å². The van der Waals surface area contributed by atoms with E-state index in [1.54, 1.807) is 0 Å². The molecule has 112 valence electrons. The van der Waals surface area contributed by atoms with Crippen LogP contribution >= 0.6 is 0 Å². The van der Waals surface area contributed by atoms with Crippen molar-refractivity contribution in [2.24, 2.45) is 0 Å². The Hall–Kier alpha value is -1.93. The molecule has 2 N–H and O–H groups in total. The summed E-state index contributed by atoms with van der Waals surface area (Å²) < 4.78 is 67.5. The van der Waals surface area contributed by atoms with Crippen molar-refractivity contribution in [2.45, 2.75) is 25.9 Å². The zero-order valence-electron chi connectivity index (χ0n) is 10.3. The second-order valence-electron chi connectivity index (χ2n) is 3.75. The van der Waals surface area contributed by atoms with Crippen LogP contribution in [0.5, 0.6) is 0 Å². The van der Waals surface area contributed by atoms with Crippen LogP contribution in [0.15, 0.2) is 6.07 Å². The van der Waals surface area contributed by atoms with E-state index in [9.17, 15) is 26.7 Å². The number of halogens is 5. The second kappa shape index (κ2) is 6.02. The van der Waals surface area contributed by atoms with Crippen molar-refractivity contribution in [3.05, 3.63) is 23.0 Å². The van der Waals surface area contributed by atoms with Gasteiger partial charge >= 0.3 is 12.1 Å². The minimum absolute atomic E-state index is 0.0116. The van der Waals surface area contributed by atoms with Gasteiger partial charge in [0.05, 0.1) is 18.7 Å². The van der Waals surface area contributed by atoms with E-state index in [0.717, 1.165) is 0 Å². The first kappa shape index (κ1) is 16.1. The average Bonchev–Trinajstić information content (AvgIpc) is 2.30. The van der Waals surface area contributed by atoms with Gasteiger partial charge in [-0.2, -0.15) is 13.2 Å². The molecule has 20 heavy (non-hydrogen) atoms. The van der Waals surface area contributed by atoms with Crippen molar-refractivity contribution in [1.82, 2.24) is 4.98 Å². The van der Waals surface area contributed by atoms with Crippen LogP contribution in [0.1, 0.15) is 30.3 Å². The molecule has 1 heterocycles. The highest BCUT2D eigenvalue weighted by Gasteiger charge is 2.35. The third kappa shape index (κ3) is 3.78. The van der Waals surface area contributed by atoms with Gasteiger partial charge in [0.15, 0.2) is 0 Å². The van der Waals surface area contributed by atoms with Crippen LogP contribution in [0, 0.1) is 0 Å². The Bertz CT molecular complexity index is 502. The van der Waals surface area contributed by atoms with Gasteiger partial charge in [0.2, 0.25) is 0 Å². The summed E-state index contributed by atoms with van der Waals surface area (Å²) in [7, 11) is 0. The first-order valence-corrected chi connectivity index (χ1v) is 5.47. The quantitative estimate of drug-likeness (QED) is 0.685. The zero-order valence-corrected chi connectivity index (χ0v) is 10.3. The number of ether oxygens (including phenoxy) is 1. The number of carbonyl (C=O) groups excluding carboxylic acids is 1. The van der Waals surface area contributed by atoms with Crippen LogP contribution in [-0.4, -0.2) is 17.6 Å². The van der Waals surface area contributed by atoms with E-state index >= 15 is 0 Å². The number of hydrogen-bond acceptors (Lipinski definition) is 4. The Balaban J connectivity index is 3.28. The largest absolute Gasteiger partial charge is 0.466 e. The molecule has 9 heteroatoms. The van der Waals surface area contributed by atoms with Crippen molar-refractivity contribution < 1.29 is 31.5 Å². The second-order valence-corrected chi connectivity index (χ2v) is 3.75. The molecule has 1 rings (SSSR count). The number of nitrogens with zero attached hydrogens (tertiary/aromatic N) is 1. The van der Waals surface area contributed by atoms with Crippen molar-refractivity contribution in [3.8, 4) is 0 Å². The van der Waals surface area contributed by atoms with E-state index in [0.29, 0.717) is 6.07 Å². The van der Waals surface area contributed by atoms with Crippen LogP contribution in [0.2, 0.25) is 0 Å². The van der Waals surface area contributed by atoms with Crippen LogP contribution in [0.25, 0.3) is 0 Å². The van der Waals surface area contributed by atoms with E-state index in [2.05, 4.69) is 9.72 Å². The van der Waals surface area contributed by atoms with Gasteiger partial charge < -0.3 is 10.5 Å². The number of pyridine rings is 1. The summed E-state index contributed by atoms with van der Waals surface area (Å²) in [5.74, 6) is -0.862. The molecular weight excluding hydrogens is 287 g/mol. The lowest BCUT2D eigenvalue weighted by Gasteiger charge is -2.14. The van der Waals surface area contributed by atoms with E-state index < -0.39 is 42.1 Å². The number of nitrogen functional groups attached to an aromatic ring is 1. The molecule has 0 unspecified atom stereocenters. The van der Waals surface area contributed by atoms with Gasteiger partial charge in [-0.15, -0.1) is 0 Å². The number of aromatic nitrogens is 1. The molecule has 0 saturated carbocycles. The molecule has 0 atom stereocenters. The third-order valence-corrected chi connectivity index (χ3v) is 2.31. The summed E-state index contributed by atoms with van der Waals surface area (Å²) in [4.78, 5) is 14.0. The molecule has 0 aromatic carbocycles. The fourth-order valence-electron chi connectivity index (χ4n) is 1.45. The van der Waals surface area contributed by atoms with Crippen molar-refractivity contribution in [1.29, 1.82) is 0 Å². The molecular formula is C11H11F5N2O2. The summed E-state index contributed by atoms with van der Waals surface area (Å²) in [6.45, 7) is 1.51. The molecule has 0 spiro atoms. The Morgan fingerprint density at radius 2 is 2.05 bits per heavy atom. The van der Waals surface area contributed by atoms with E-state index in [-0.39, 0.29) is 12.2 Å². The van der Waals surface area contributed by atoms with Crippen LogP contribution in [-0.2, 0) is 22.1 Å². The lowest BCUT2D eigenvalue weighted by atomic mass is 10.1. The lowest BCUT2D eigenvalue weighted by Crippen LogP contribution is -2.16. The summed E-state index contributed by atoms with van der Waals surface area (Å²) >= 11 is 0. The first-order valence-electron chi connectivity index (χ1n) is 5.47. The van der Waals surface area contributed by atoms with Gasteiger partial charge in [-0.1, -0.05) is 0 Å². The smallest absolute Gasteiger partial charge is 0.433 e. The maximum Gasteiger partial charge on any atom is 0.433 e. The fourth-order valence-corrected chi connectivity index (χ4v) is 1.45. The maximum atomic E-state index is 12.6. The zero-order chi connectivity index (χ0) is 15.5. The molecule has 0 saturated heterocycles. The third-order valence-electron chi connectivity index (χ3n) is 2.31. The minimum Gasteiger partial charge on any atom is -0.466 e. The number of anilines is 1. The number of hydrogen-bond donors (Lipinski definition) is 1. The van der Waals surface area contributed by atoms with E-state index in [1.165, 1.54) is 6.92 Å². The summed E-state index contributed by atoms with van der Waals surface area (Å²) in [5.41, 5.74) is 1.58. The molecule has 0 fully saturated rings. The maximum absolute atomic E-state index is 12.6. The number of esters is 1. The van der Waals surface area contributed by atoms with Crippen LogP contribution < -0.4 is 5.73 Å². The van der Waals surface area contributed by atoms with Crippen molar-refractivity contribution in [3.63, 3.8) is 0 Å². The van der Waals surface area contributed by atoms with Gasteiger partial charge in [-0.05, 0) is 18.6 Å². The Labute approximate surface area is 110 Å². The van der Waals surface area contributed by atoms with Gasteiger partial charge in [0, 0.05) is 0 Å². The first-order chi connectivity index (χ1) is 9.16. The number of alkyl halides is 5. The molecule has 0 bridgehead atoms. The predicted molar refractivity (Wildman–Crippen MR) is 58.9 cm³/mol. The minimum atomic E-state index is -4.92. The SMILES string of the molecule is CCOC(=O)Cc1cc(C(F)(F)F)nc(C(F)F)c1N. The Morgan fingerprint density at radius 1 is 1.45 bits per heavy atom. The van der Waals surface area contributed by atoms with E-state index in [1.807, 2.05) is 0 Å². The molecule has 0 aliphatic rings. The summed E-state index contributed by atoms with van der Waals surface area (Å²) in [5, 5.41) is 0. The molecule has 0 aliphatic carbocycles. The topological polar surface area (TPSA) is 65.2 Å². The Kier molecular flexibility index (Phi) is 4.85. The summed E-state index contributed by atoms with van der Waals surface area (Å²) in [6, 6.07) is 0.470. The number of carbonyl (C=O) groups is 1. The molecule has 0 amide bonds. The Morgan fingerprint density at radius 3 is 2.50 bits per heavy atom. The predicted octanol–water partition coefficient (Wildman–Crippen LogP) is 2.73. The number of nitrogens with two attached hydrogens (primary N) is 1. The molecule has 4 nitrogen and oxygen atoms in total. The highest BCUT2D eigenvalue weighted by Crippen LogP contribution is 2.34. The lowest BCUT2D eigenvalue weighted by molar-refractivity contribution is -0.143. The highest BCUT2D eigenvalue weighted by atomic mass is 19.4. The molecule has 1 aromatic rings. The van der Waals surface area contributed by atoms with Crippen LogP contribution in [0.3, 0.4) is 0 Å². The fraction of sp³-hybridized carbons (Fsp3) is 0.455. The van der Waals surface area contributed by atoms with Gasteiger partial charge in [0.1, 0.15) is 11.4 Å².